The van der Waals surface area contributed by atoms with E-state index in [4.69, 9.17) is 9.84 Å². The number of amides is 1. The van der Waals surface area contributed by atoms with Gasteiger partial charge in [-0.1, -0.05) is 13.0 Å². The molecular formula is C14H20BrNO3. The summed E-state index contributed by atoms with van der Waals surface area (Å²) in [6.07, 6.45) is 0.861. The van der Waals surface area contributed by atoms with Crippen molar-refractivity contribution in [2.24, 2.45) is 0 Å². The molecule has 0 aliphatic heterocycles. The predicted molar refractivity (Wildman–Crippen MR) is 78.3 cm³/mol. The summed E-state index contributed by atoms with van der Waals surface area (Å²) >= 11 is 3.41. The second-order valence-corrected chi connectivity index (χ2v) is 5.18. The highest BCUT2D eigenvalue weighted by Gasteiger charge is 2.13. The smallest absolute Gasteiger partial charge is 0.260 e. The fourth-order valence-electron chi connectivity index (χ4n) is 1.71. The van der Waals surface area contributed by atoms with E-state index < -0.39 is 0 Å². The summed E-state index contributed by atoms with van der Waals surface area (Å²) in [6, 6.07) is 5.71. The molecule has 106 valence electrons. The lowest BCUT2D eigenvalue weighted by Crippen LogP contribution is -2.37. The number of carbonyl (C=O) groups excluding carboxylic acids is 1. The standard InChI is InChI=1S/C14H20BrNO3/c1-3-6-16(7-8-17)14(18)10-19-13-5-4-11(2)9-12(13)15/h4-5,9,17H,3,6-8,10H2,1-2H3. The number of aliphatic hydroxyl groups excluding tert-OH is 1. The zero-order valence-corrected chi connectivity index (χ0v) is 12.9. The van der Waals surface area contributed by atoms with Gasteiger partial charge in [0, 0.05) is 13.1 Å². The number of ether oxygens (including phenoxy) is 1. The van der Waals surface area contributed by atoms with E-state index in [1.54, 1.807) is 4.90 Å². The van der Waals surface area contributed by atoms with Crippen molar-refractivity contribution in [1.82, 2.24) is 4.90 Å². The van der Waals surface area contributed by atoms with E-state index in [1.165, 1.54) is 0 Å². The first-order valence-corrected chi connectivity index (χ1v) is 7.15. The zero-order chi connectivity index (χ0) is 14.3. The molecule has 0 aliphatic carbocycles. The second kappa shape index (κ2) is 8.17. The molecule has 1 amide bonds. The SMILES string of the molecule is CCCN(CCO)C(=O)COc1ccc(C)cc1Br. The quantitative estimate of drug-likeness (QED) is 0.835. The van der Waals surface area contributed by atoms with Crippen LogP contribution in [0, 0.1) is 6.92 Å². The van der Waals surface area contributed by atoms with Crippen LogP contribution in [0.1, 0.15) is 18.9 Å². The van der Waals surface area contributed by atoms with Crippen molar-refractivity contribution in [3.63, 3.8) is 0 Å². The number of carbonyl (C=O) groups is 1. The van der Waals surface area contributed by atoms with E-state index in [9.17, 15) is 4.79 Å². The molecule has 0 saturated carbocycles. The largest absolute Gasteiger partial charge is 0.483 e. The molecule has 0 aromatic heterocycles. The maximum absolute atomic E-state index is 11.9. The first-order chi connectivity index (χ1) is 9.08. The summed E-state index contributed by atoms with van der Waals surface area (Å²) in [6.45, 7) is 4.93. The highest BCUT2D eigenvalue weighted by molar-refractivity contribution is 9.10. The normalized spacial score (nSPS) is 10.3. The average molecular weight is 330 g/mol. The van der Waals surface area contributed by atoms with Crippen molar-refractivity contribution < 1.29 is 14.6 Å². The van der Waals surface area contributed by atoms with Crippen LogP contribution < -0.4 is 4.74 Å². The third kappa shape index (κ3) is 5.20. The summed E-state index contributed by atoms with van der Waals surface area (Å²) < 4.78 is 6.34. The molecule has 1 aromatic carbocycles. The molecular weight excluding hydrogens is 310 g/mol. The molecule has 1 rings (SSSR count). The number of halogens is 1. The number of hydrogen-bond donors (Lipinski definition) is 1. The second-order valence-electron chi connectivity index (χ2n) is 4.33. The maximum atomic E-state index is 11.9. The van der Waals surface area contributed by atoms with E-state index in [2.05, 4.69) is 15.9 Å². The van der Waals surface area contributed by atoms with Gasteiger partial charge in [-0.25, -0.2) is 0 Å². The molecule has 0 fully saturated rings. The van der Waals surface area contributed by atoms with Crippen LogP contribution in [0.2, 0.25) is 0 Å². The monoisotopic (exact) mass is 329 g/mol. The van der Waals surface area contributed by atoms with Crippen molar-refractivity contribution in [2.75, 3.05) is 26.3 Å². The minimum atomic E-state index is -0.108. The van der Waals surface area contributed by atoms with Crippen LogP contribution in [-0.2, 0) is 4.79 Å². The van der Waals surface area contributed by atoms with Crippen molar-refractivity contribution in [2.45, 2.75) is 20.3 Å². The predicted octanol–water partition coefficient (Wildman–Crippen LogP) is 2.37. The van der Waals surface area contributed by atoms with Gasteiger partial charge in [0.05, 0.1) is 11.1 Å². The van der Waals surface area contributed by atoms with Crippen molar-refractivity contribution in [3.8, 4) is 5.75 Å². The van der Waals surface area contributed by atoms with Crippen LogP contribution in [0.15, 0.2) is 22.7 Å². The van der Waals surface area contributed by atoms with Gasteiger partial charge in [-0.3, -0.25) is 4.79 Å². The number of benzene rings is 1. The van der Waals surface area contributed by atoms with Gasteiger partial charge >= 0.3 is 0 Å². The Morgan fingerprint density at radius 3 is 2.74 bits per heavy atom. The highest BCUT2D eigenvalue weighted by Crippen LogP contribution is 2.25. The van der Waals surface area contributed by atoms with Crippen molar-refractivity contribution in [3.05, 3.63) is 28.2 Å². The Bertz CT molecular complexity index is 417. The number of nitrogens with zero attached hydrogens (tertiary/aromatic N) is 1. The third-order valence-corrected chi connectivity index (χ3v) is 3.27. The fourth-order valence-corrected chi connectivity index (χ4v) is 2.31. The van der Waals surface area contributed by atoms with E-state index >= 15 is 0 Å². The lowest BCUT2D eigenvalue weighted by Gasteiger charge is -2.21. The van der Waals surface area contributed by atoms with Crippen LogP contribution in [0.5, 0.6) is 5.75 Å². The molecule has 0 atom stereocenters. The minimum Gasteiger partial charge on any atom is -0.483 e. The first kappa shape index (κ1) is 16.0. The Kier molecular flexibility index (Phi) is 6.87. The fraction of sp³-hybridized carbons (Fsp3) is 0.500. The molecule has 5 heteroatoms. The van der Waals surface area contributed by atoms with Crippen molar-refractivity contribution >= 4 is 21.8 Å². The Hall–Kier alpha value is -1.07. The Balaban J connectivity index is 2.56. The molecule has 0 saturated heterocycles. The van der Waals surface area contributed by atoms with E-state index in [0.29, 0.717) is 18.8 Å². The van der Waals surface area contributed by atoms with Crippen LogP contribution in [0.25, 0.3) is 0 Å². The van der Waals surface area contributed by atoms with Crippen LogP contribution in [0.4, 0.5) is 0 Å². The maximum Gasteiger partial charge on any atom is 0.260 e. The first-order valence-electron chi connectivity index (χ1n) is 6.36. The summed E-state index contributed by atoms with van der Waals surface area (Å²) in [5.74, 6) is 0.544. The van der Waals surface area contributed by atoms with Crippen LogP contribution >= 0.6 is 15.9 Å². The molecule has 0 unspecified atom stereocenters. The number of aryl methyl sites for hydroxylation is 1. The summed E-state index contributed by atoms with van der Waals surface area (Å²) in [5.41, 5.74) is 1.12. The summed E-state index contributed by atoms with van der Waals surface area (Å²) in [7, 11) is 0. The van der Waals surface area contributed by atoms with Gasteiger partial charge in [0.25, 0.3) is 5.91 Å². The summed E-state index contributed by atoms with van der Waals surface area (Å²) in [5, 5.41) is 8.93. The van der Waals surface area contributed by atoms with E-state index in [0.717, 1.165) is 16.5 Å². The molecule has 0 spiro atoms. The Morgan fingerprint density at radius 2 is 2.16 bits per heavy atom. The topological polar surface area (TPSA) is 49.8 Å². The Morgan fingerprint density at radius 1 is 1.42 bits per heavy atom. The van der Waals surface area contributed by atoms with Gasteiger partial charge in [0.2, 0.25) is 0 Å². The molecule has 19 heavy (non-hydrogen) atoms. The Labute approximate surface area is 122 Å². The molecule has 0 radical (unpaired) electrons. The van der Waals surface area contributed by atoms with Crippen LogP contribution in [-0.4, -0.2) is 42.2 Å². The van der Waals surface area contributed by atoms with E-state index in [-0.39, 0.29) is 19.1 Å². The van der Waals surface area contributed by atoms with Gasteiger partial charge in [-0.15, -0.1) is 0 Å². The number of hydrogen-bond acceptors (Lipinski definition) is 3. The average Bonchev–Trinajstić information content (AvgIpc) is 2.37. The van der Waals surface area contributed by atoms with Gasteiger partial charge in [-0.05, 0) is 47.0 Å². The molecule has 1 N–H and O–H groups in total. The van der Waals surface area contributed by atoms with Gasteiger partial charge in [0.1, 0.15) is 5.75 Å². The lowest BCUT2D eigenvalue weighted by atomic mass is 10.2. The van der Waals surface area contributed by atoms with Gasteiger partial charge in [-0.2, -0.15) is 0 Å². The van der Waals surface area contributed by atoms with Gasteiger partial charge < -0.3 is 14.7 Å². The highest BCUT2D eigenvalue weighted by atomic mass is 79.9. The van der Waals surface area contributed by atoms with Crippen molar-refractivity contribution in [1.29, 1.82) is 0 Å². The number of aliphatic hydroxyl groups is 1. The lowest BCUT2D eigenvalue weighted by molar-refractivity contribution is -0.133. The van der Waals surface area contributed by atoms with Crippen LogP contribution in [0.3, 0.4) is 0 Å². The minimum absolute atomic E-state index is 0.0122. The molecule has 0 heterocycles. The molecule has 0 aliphatic rings. The number of rotatable bonds is 7. The third-order valence-electron chi connectivity index (χ3n) is 2.65. The molecule has 1 aromatic rings. The molecule has 0 bridgehead atoms. The summed E-state index contributed by atoms with van der Waals surface area (Å²) in [4.78, 5) is 13.6. The molecule has 4 nitrogen and oxygen atoms in total. The van der Waals surface area contributed by atoms with E-state index in [1.807, 2.05) is 32.0 Å². The zero-order valence-electron chi connectivity index (χ0n) is 11.4. The van der Waals surface area contributed by atoms with Gasteiger partial charge in [0.15, 0.2) is 6.61 Å².